The fourth-order valence-electron chi connectivity index (χ4n) is 2.22. The van der Waals surface area contributed by atoms with Crippen LogP contribution in [0.4, 0.5) is 11.4 Å². The van der Waals surface area contributed by atoms with Crippen molar-refractivity contribution in [1.82, 2.24) is 0 Å². The van der Waals surface area contributed by atoms with Gasteiger partial charge in [0.05, 0.1) is 17.7 Å². The number of hydrogen-bond acceptors (Lipinski definition) is 3. The molecule has 2 N–H and O–H groups in total. The molecule has 7 heteroatoms. The normalized spacial score (nSPS) is 10.2. The molecule has 25 heavy (non-hydrogen) atoms. The molecule has 0 bridgehead atoms. The fraction of sp³-hybridized carbons (Fsp3) is 0.222. The minimum absolute atomic E-state index is 0.0439. The molecule has 0 atom stereocenters. The monoisotopic (exact) mass is 380 g/mol. The Bertz CT molecular complexity index is 777. The van der Waals surface area contributed by atoms with E-state index in [1.165, 1.54) is 19.2 Å². The number of rotatable bonds is 6. The highest BCUT2D eigenvalue weighted by atomic mass is 35.5. The summed E-state index contributed by atoms with van der Waals surface area (Å²) in [6, 6.07) is 9.81. The van der Waals surface area contributed by atoms with Gasteiger partial charge in [-0.2, -0.15) is 0 Å². The number of nitrogens with one attached hydrogen (secondary N) is 2. The molecule has 0 unspecified atom stereocenters. The fourth-order valence-corrected chi connectivity index (χ4v) is 2.79. The van der Waals surface area contributed by atoms with Crippen LogP contribution in [0.25, 0.3) is 0 Å². The number of anilines is 2. The molecule has 0 aromatic heterocycles. The van der Waals surface area contributed by atoms with Gasteiger partial charge in [0.25, 0.3) is 5.91 Å². The maximum atomic E-state index is 12.5. The minimum atomic E-state index is -0.399. The number of benzene rings is 2. The van der Waals surface area contributed by atoms with Crippen LogP contribution in [0, 0.1) is 0 Å². The van der Waals surface area contributed by atoms with E-state index in [9.17, 15) is 9.59 Å². The first-order chi connectivity index (χ1) is 11.9. The van der Waals surface area contributed by atoms with Crippen molar-refractivity contribution in [3.63, 3.8) is 0 Å². The van der Waals surface area contributed by atoms with Crippen molar-refractivity contribution >= 4 is 46.4 Å². The third-order valence-corrected chi connectivity index (χ3v) is 3.86. The van der Waals surface area contributed by atoms with E-state index in [0.717, 1.165) is 6.42 Å². The lowest BCUT2D eigenvalue weighted by atomic mass is 10.1. The molecule has 0 saturated carbocycles. The van der Waals surface area contributed by atoms with Gasteiger partial charge in [-0.15, -0.1) is 0 Å². The summed E-state index contributed by atoms with van der Waals surface area (Å²) in [5.74, 6) is -0.186. The van der Waals surface area contributed by atoms with Crippen molar-refractivity contribution in [3.05, 3.63) is 52.0 Å². The van der Waals surface area contributed by atoms with Gasteiger partial charge in [-0.25, -0.2) is 0 Å². The van der Waals surface area contributed by atoms with Gasteiger partial charge in [-0.3, -0.25) is 9.59 Å². The van der Waals surface area contributed by atoms with Gasteiger partial charge >= 0.3 is 0 Å². The van der Waals surface area contributed by atoms with Crippen molar-refractivity contribution in [2.24, 2.45) is 0 Å². The number of hydrogen-bond donors (Lipinski definition) is 2. The summed E-state index contributed by atoms with van der Waals surface area (Å²) in [6.07, 6.45) is 1.25. The van der Waals surface area contributed by atoms with Crippen LogP contribution in [0.1, 0.15) is 30.1 Å². The Labute approximate surface area is 156 Å². The first kappa shape index (κ1) is 19.1. The largest absolute Gasteiger partial charge is 0.494 e. The minimum Gasteiger partial charge on any atom is -0.494 e. The van der Waals surface area contributed by atoms with Crippen LogP contribution in [0.15, 0.2) is 36.4 Å². The van der Waals surface area contributed by atoms with E-state index in [2.05, 4.69) is 10.6 Å². The first-order valence-corrected chi connectivity index (χ1v) is 8.44. The molecule has 0 fully saturated rings. The number of methoxy groups -OCH3 is 1. The maximum absolute atomic E-state index is 12.5. The van der Waals surface area contributed by atoms with Gasteiger partial charge in [0, 0.05) is 22.8 Å². The summed E-state index contributed by atoms with van der Waals surface area (Å²) in [5, 5.41) is 6.12. The molecule has 0 aliphatic heterocycles. The van der Waals surface area contributed by atoms with Crippen LogP contribution >= 0.6 is 23.2 Å². The molecule has 2 aromatic carbocycles. The van der Waals surface area contributed by atoms with Crippen molar-refractivity contribution in [1.29, 1.82) is 0 Å². The van der Waals surface area contributed by atoms with Gasteiger partial charge in [-0.05, 0) is 42.8 Å². The first-order valence-electron chi connectivity index (χ1n) is 7.69. The number of carbonyl (C=O) groups excluding carboxylic acids is 2. The van der Waals surface area contributed by atoms with Crippen LogP contribution < -0.4 is 15.4 Å². The van der Waals surface area contributed by atoms with E-state index in [-0.39, 0.29) is 22.2 Å². The molecule has 132 valence electrons. The molecule has 0 spiro atoms. The van der Waals surface area contributed by atoms with E-state index in [0.29, 0.717) is 22.8 Å². The number of carbonyl (C=O) groups is 2. The highest BCUT2D eigenvalue weighted by molar-refractivity contribution is 6.36. The lowest BCUT2D eigenvalue weighted by Gasteiger charge is -2.12. The van der Waals surface area contributed by atoms with Gasteiger partial charge < -0.3 is 15.4 Å². The quantitative estimate of drug-likeness (QED) is 0.741. The molecule has 2 rings (SSSR count). The van der Waals surface area contributed by atoms with Crippen LogP contribution in [-0.4, -0.2) is 18.9 Å². The highest BCUT2D eigenvalue weighted by Gasteiger charge is 2.17. The summed E-state index contributed by atoms with van der Waals surface area (Å²) in [6.45, 7) is 1.94. The van der Waals surface area contributed by atoms with E-state index < -0.39 is 5.91 Å². The summed E-state index contributed by atoms with van der Waals surface area (Å²) in [7, 11) is 1.43. The summed E-state index contributed by atoms with van der Waals surface area (Å²) in [4.78, 5) is 24.0. The lowest BCUT2D eigenvalue weighted by Crippen LogP contribution is -2.14. The van der Waals surface area contributed by atoms with Crippen molar-refractivity contribution < 1.29 is 14.3 Å². The SMILES string of the molecule is CCCC(=O)Nc1ccc(NC(=O)c2cc(Cl)cc(Cl)c2OC)cc1. The summed E-state index contributed by atoms with van der Waals surface area (Å²) in [5.41, 5.74) is 1.47. The smallest absolute Gasteiger partial charge is 0.259 e. The standard InChI is InChI=1S/C18H18Cl2N2O3/c1-3-4-16(23)21-12-5-7-13(8-6-12)22-18(24)14-9-11(19)10-15(20)17(14)25-2/h5-10H,3-4H2,1-2H3,(H,21,23)(H,22,24). The predicted octanol–water partition coefficient (Wildman–Crippen LogP) is 4.99. The Hall–Kier alpha value is -2.24. The molecular formula is C18H18Cl2N2O3. The molecular weight excluding hydrogens is 363 g/mol. The van der Waals surface area contributed by atoms with Crippen LogP contribution in [0.5, 0.6) is 5.75 Å². The van der Waals surface area contributed by atoms with E-state index in [1.54, 1.807) is 24.3 Å². The zero-order valence-electron chi connectivity index (χ0n) is 13.9. The Balaban J connectivity index is 2.12. The molecule has 0 saturated heterocycles. The Morgan fingerprint density at radius 2 is 1.64 bits per heavy atom. The molecule has 2 amide bonds. The second-order valence-corrected chi connectivity index (χ2v) is 6.14. The Morgan fingerprint density at radius 3 is 2.20 bits per heavy atom. The predicted molar refractivity (Wildman–Crippen MR) is 101 cm³/mol. The molecule has 2 aromatic rings. The van der Waals surface area contributed by atoms with Gasteiger partial charge in [0.15, 0.2) is 0 Å². The summed E-state index contributed by atoms with van der Waals surface area (Å²) < 4.78 is 5.18. The topological polar surface area (TPSA) is 67.4 Å². The van der Waals surface area contributed by atoms with Crippen LogP contribution in [-0.2, 0) is 4.79 Å². The van der Waals surface area contributed by atoms with E-state index in [4.69, 9.17) is 27.9 Å². The van der Waals surface area contributed by atoms with E-state index >= 15 is 0 Å². The van der Waals surface area contributed by atoms with E-state index in [1.807, 2.05) is 6.92 Å². The average Bonchev–Trinajstić information content (AvgIpc) is 2.56. The average molecular weight is 381 g/mol. The maximum Gasteiger partial charge on any atom is 0.259 e. The highest BCUT2D eigenvalue weighted by Crippen LogP contribution is 2.32. The second kappa shape index (κ2) is 8.74. The number of ether oxygens (including phenoxy) is 1. The van der Waals surface area contributed by atoms with Crippen molar-refractivity contribution in [2.75, 3.05) is 17.7 Å². The molecule has 0 radical (unpaired) electrons. The van der Waals surface area contributed by atoms with Crippen LogP contribution in [0.3, 0.4) is 0 Å². The molecule has 0 aliphatic carbocycles. The zero-order chi connectivity index (χ0) is 18.4. The summed E-state index contributed by atoms with van der Waals surface area (Å²) >= 11 is 12.0. The Morgan fingerprint density at radius 1 is 1.04 bits per heavy atom. The third kappa shape index (κ3) is 5.11. The molecule has 0 aliphatic rings. The third-order valence-electron chi connectivity index (χ3n) is 3.36. The van der Waals surface area contributed by atoms with Crippen molar-refractivity contribution in [2.45, 2.75) is 19.8 Å². The molecule has 0 heterocycles. The van der Waals surface area contributed by atoms with Crippen molar-refractivity contribution in [3.8, 4) is 5.75 Å². The van der Waals surface area contributed by atoms with Gasteiger partial charge in [-0.1, -0.05) is 30.1 Å². The molecule has 5 nitrogen and oxygen atoms in total. The Kier molecular flexibility index (Phi) is 6.67. The lowest BCUT2D eigenvalue weighted by molar-refractivity contribution is -0.116. The number of amides is 2. The van der Waals surface area contributed by atoms with Gasteiger partial charge in [0.1, 0.15) is 5.75 Å². The van der Waals surface area contributed by atoms with Crippen LogP contribution in [0.2, 0.25) is 10.0 Å². The van der Waals surface area contributed by atoms with Gasteiger partial charge in [0.2, 0.25) is 5.91 Å². The zero-order valence-corrected chi connectivity index (χ0v) is 15.4. The number of halogens is 2. The second-order valence-electron chi connectivity index (χ2n) is 5.30.